The fraction of sp³-hybridized carbons (Fsp3) is 0.292. The summed E-state index contributed by atoms with van der Waals surface area (Å²) in [7, 11) is -4.55. The van der Waals surface area contributed by atoms with Crippen molar-refractivity contribution in [3.63, 3.8) is 0 Å². The molecule has 1 saturated heterocycles. The Morgan fingerprint density at radius 2 is 1.81 bits per heavy atom. The Morgan fingerprint density at radius 1 is 1.11 bits per heavy atom. The van der Waals surface area contributed by atoms with E-state index in [9.17, 15) is 36.3 Å². The number of halogens is 3. The second kappa shape index (κ2) is 9.54. The molecule has 0 unspecified atom stereocenters. The molecule has 2 aromatic carbocycles. The van der Waals surface area contributed by atoms with Gasteiger partial charge in [0.15, 0.2) is 9.84 Å². The number of carbonyl (C=O) groups excluding carboxylic acids is 1. The topological polar surface area (TPSA) is 122 Å². The van der Waals surface area contributed by atoms with Gasteiger partial charge in [-0.1, -0.05) is 18.2 Å². The van der Waals surface area contributed by atoms with Gasteiger partial charge in [-0.2, -0.15) is 18.3 Å². The SMILES string of the molecule is CC(=O)Nc1cccc(-n2nc(C)cc2N2C[C@H](S(=O)(=O)c3ccccc3C(F)(F)F)C[C@@H]2C(=O)O)c1. The van der Waals surface area contributed by atoms with Crippen molar-refractivity contribution in [2.75, 3.05) is 16.8 Å². The third kappa shape index (κ3) is 5.17. The summed E-state index contributed by atoms with van der Waals surface area (Å²) in [4.78, 5) is 24.1. The van der Waals surface area contributed by atoms with Gasteiger partial charge in [0.2, 0.25) is 5.91 Å². The molecule has 37 heavy (non-hydrogen) atoms. The van der Waals surface area contributed by atoms with Crippen molar-refractivity contribution in [1.29, 1.82) is 0 Å². The Kier molecular flexibility index (Phi) is 6.76. The van der Waals surface area contributed by atoms with Crippen LogP contribution in [-0.4, -0.2) is 53.0 Å². The van der Waals surface area contributed by atoms with Crippen molar-refractivity contribution < 1.29 is 36.3 Å². The number of carbonyl (C=O) groups is 2. The standard InChI is InChI=1S/C24H23F3N4O5S/c1-14-10-22(31(29-14)17-7-5-6-16(11-17)28-15(2)32)30-13-18(12-20(30)23(33)34)37(35,36)21-9-4-3-8-19(21)24(25,26)27/h3-11,18,20H,12-13H2,1-2H3,(H,28,32)(H,33,34)/t18-,20-/m1/s1. The maximum absolute atomic E-state index is 13.6. The summed E-state index contributed by atoms with van der Waals surface area (Å²) < 4.78 is 68.8. The number of aromatic nitrogens is 2. The lowest BCUT2D eigenvalue weighted by Crippen LogP contribution is -2.37. The molecule has 196 valence electrons. The summed E-state index contributed by atoms with van der Waals surface area (Å²) >= 11 is 0. The summed E-state index contributed by atoms with van der Waals surface area (Å²) in [6.45, 7) is 2.65. The normalized spacial score (nSPS) is 18.1. The highest BCUT2D eigenvalue weighted by molar-refractivity contribution is 7.92. The number of carboxylic acids is 1. The van der Waals surface area contributed by atoms with Gasteiger partial charge in [0, 0.05) is 25.2 Å². The second-order valence-electron chi connectivity index (χ2n) is 8.69. The summed E-state index contributed by atoms with van der Waals surface area (Å²) in [5, 5.41) is 15.5. The number of alkyl halides is 3. The number of sulfone groups is 1. The molecule has 0 saturated carbocycles. The van der Waals surface area contributed by atoms with E-state index in [0.29, 0.717) is 23.1 Å². The van der Waals surface area contributed by atoms with Gasteiger partial charge in [-0.25, -0.2) is 17.9 Å². The molecule has 1 fully saturated rings. The number of rotatable bonds is 6. The van der Waals surface area contributed by atoms with Crippen LogP contribution in [0.15, 0.2) is 59.5 Å². The first-order valence-electron chi connectivity index (χ1n) is 11.1. The predicted octanol–water partition coefficient (Wildman–Crippen LogP) is 3.66. The van der Waals surface area contributed by atoms with Crippen LogP contribution >= 0.6 is 0 Å². The molecule has 0 aliphatic carbocycles. The second-order valence-corrected chi connectivity index (χ2v) is 10.9. The molecule has 1 aromatic heterocycles. The van der Waals surface area contributed by atoms with Gasteiger partial charge in [-0.3, -0.25) is 4.79 Å². The number of carboxylic acid groups (broad SMARTS) is 1. The van der Waals surface area contributed by atoms with Crippen LogP contribution in [0, 0.1) is 6.92 Å². The van der Waals surface area contributed by atoms with Crippen LogP contribution in [0.2, 0.25) is 0 Å². The van der Waals surface area contributed by atoms with E-state index in [2.05, 4.69) is 10.4 Å². The molecular formula is C24H23F3N4O5S. The van der Waals surface area contributed by atoms with Crippen LogP contribution in [0.4, 0.5) is 24.7 Å². The summed E-state index contributed by atoms with van der Waals surface area (Å²) in [5.41, 5.74) is 0.130. The third-order valence-corrected chi connectivity index (χ3v) is 8.19. The maximum Gasteiger partial charge on any atom is 0.417 e. The molecule has 0 spiro atoms. The highest BCUT2D eigenvalue weighted by atomic mass is 32.2. The zero-order chi connectivity index (χ0) is 27.1. The van der Waals surface area contributed by atoms with E-state index in [4.69, 9.17) is 0 Å². The van der Waals surface area contributed by atoms with Crippen LogP contribution in [0.3, 0.4) is 0 Å². The minimum absolute atomic E-state index is 0.256. The van der Waals surface area contributed by atoms with Gasteiger partial charge in [0.1, 0.15) is 11.9 Å². The van der Waals surface area contributed by atoms with Gasteiger partial charge >= 0.3 is 12.1 Å². The zero-order valence-electron chi connectivity index (χ0n) is 19.7. The molecule has 0 bridgehead atoms. The van der Waals surface area contributed by atoms with Crippen LogP contribution in [0.1, 0.15) is 24.6 Å². The number of aliphatic carboxylic acids is 1. The Labute approximate surface area is 210 Å². The number of amides is 1. The van der Waals surface area contributed by atoms with Crippen molar-refractivity contribution in [3.05, 3.63) is 65.9 Å². The molecular weight excluding hydrogens is 513 g/mol. The van der Waals surface area contributed by atoms with Crippen LogP contribution in [0.25, 0.3) is 5.69 Å². The molecule has 4 rings (SSSR count). The minimum Gasteiger partial charge on any atom is -0.480 e. The summed E-state index contributed by atoms with van der Waals surface area (Å²) in [6, 6.07) is 10.7. The number of hydrogen-bond acceptors (Lipinski definition) is 6. The number of benzene rings is 2. The van der Waals surface area contributed by atoms with Gasteiger partial charge in [-0.15, -0.1) is 0 Å². The average Bonchev–Trinajstić information content (AvgIpc) is 3.43. The van der Waals surface area contributed by atoms with Crippen molar-refractivity contribution in [1.82, 2.24) is 9.78 Å². The average molecular weight is 537 g/mol. The summed E-state index contributed by atoms with van der Waals surface area (Å²) in [5.74, 6) is -1.36. The Hall–Kier alpha value is -3.87. The quantitative estimate of drug-likeness (QED) is 0.493. The predicted molar refractivity (Wildman–Crippen MR) is 128 cm³/mol. The van der Waals surface area contributed by atoms with E-state index in [1.54, 1.807) is 37.3 Å². The molecule has 2 heterocycles. The van der Waals surface area contributed by atoms with Crippen molar-refractivity contribution >= 4 is 33.2 Å². The molecule has 1 aliphatic heterocycles. The first kappa shape index (κ1) is 26.2. The lowest BCUT2D eigenvalue weighted by atomic mass is 10.2. The molecule has 0 radical (unpaired) electrons. The molecule has 13 heteroatoms. The van der Waals surface area contributed by atoms with Crippen LogP contribution in [0.5, 0.6) is 0 Å². The largest absolute Gasteiger partial charge is 0.480 e. The Balaban J connectivity index is 1.76. The van der Waals surface area contributed by atoms with E-state index in [0.717, 1.165) is 12.1 Å². The van der Waals surface area contributed by atoms with Crippen molar-refractivity contribution in [2.24, 2.45) is 0 Å². The van der Waals surface area contributed by atoms with Gasteiger partial charge in [-0.05, 0) is 43.7 Å². The van der Waals surface area contributed by atoms with Crippen molar-refractivity contribution in [2.45, 2.75) is 42.6 Å². The number of aryl methyl sites for hydroxylation is 1. The number of hydrogen-bond donors (Lipinski definition) is 2. The Bertz CT molecular complexity index is 1470. The number of anilines is 2. The van der Waals surface area contributed by atoms with E-state index in [-0.39, 0.29) is 18.3 Å². The minimum atomic E-state index is -4.90. The maximum atomic E-state index is 13.6. The van der Waals surface area contributed by atoms with E-state index in [1.165, 1.54) is 22.6 Å². The third-order valence-electron chi connectivity index (χ3n) is 6.00. The lowest BCUT2D eigenvalue weighted by molar-refractivity contribution is -0.140. The number of nitrogens with one attached hydrogen (secondary N) is 1. The van der Waals surface area contributed by atoms with E-state index in [1.807, 2.05) is 0 Å². The Morgan fingerprint density at radius 3 is 2.46 bits per heavy atom. The molecule has 3 aromatic rings. The fourth-order valence-corrected chi connectivity index (χ4v) is 6.35. The zero-order valence-corrected chi connectivity index (χ0v) is 20.5. The molecule has 9 nitrogen and oxygen atoms in total. The van der Waals surface area contributed by atoms with Crippen molar-refractivity contribution in [3.8, 4) is 5.69 Å². The smallest absolute Gasteiger partial charge is 0.417 e. The monoisotopic (exact) mass is 536 g/mol. The van der Waals surface area contributed by atoms with E-state index < -0.39 is 50.2 Å². The van der Waals surface area contributed by atoms with Crippen LogP contribution < -0.4 is 10.2 Å². The van der Waals surface area contributed by atoms with Crippen LogP contribution in [-0.2, 0) is 25.6 Å². The molecule has 1 aliphatic rings. The van der Waals surface area contributed by atoms with Gasteiger partial charge in [0.05, 0.1) is 27.1 Å². The van der Waals surface area contributed by atoms with Gasteiger partial charge in [0.25, 0.3) is 0 Å². The van der Waals surface area contributed by atoms with E-state index >= 15 is 0 Å². The van der Waals surface area contributed by atoms with Gasteiger partial charge < -0.3 is 15.3 Å². The molecule has 2 N–H and O–H groups in total. The molecule has 2 atom stereocenters. The molecule has 1 amide bonds. The first-order chi connectivity index (χ1) is 17.3. The number of nitrogens with zero attached hydrogens (tertiary/aromatic N) is 3. The summed E-state index contributed by atoms with van der Waals surface area (Å²) in [6.07, 6.45) is -5.32. The first-order valence-corrected chi connectivity index (χ1v) is 12.7. The highest BCUT2D eigenvalue weighted by Crippen LogP contribution is 2.39. The lowest BCUT2D eigenvalue weighted by Gasteiger charge is -2.24. The highest BCUT2D eigenvalue weighted by Gasteiger charge is 2.47. The fourth-order valence-electron chi connectivity index (χ4n) is 4.44.